The van der Waals surface area contributed by atoms with Gasteiger partial charge in [-0.1, -0.05) is 13.3 Å². The molecule has 6 nitrogen and oxygen atoms in total. The molecule has 0 aliphatic carbocycles. The molecule has 22 heavy (non-hydrogen) atoms. The van der Waals surface area contributed by atoms with Crippen LogP contribution in [0, 0.1) is 0 Å². The van der Waals surface area contributed by atoms with Crippen LogP contribution < -0.4 is 0 Å². The lowest BCUT2D eigenvalue weighted by Gasteiger charge is -2.01. The van der Waals surface area contributed by atoms with Gasteiger partial charge in [-0.25, -0.2) is 0 Å². The summed E-state index contributed by atoms with van der Waals surface area (Å²) in [6.45, 7) is 4.57. The monoisotopic (exact) mass is 322 g/mol. The predicted molar refractivity (Wildman–Crippen MR) is 85.6 cm³/mol. The fourth-order valence-corrected chi connectivity index (χ4v) is 1.36. The van der Waals surface area contributed by atoms with Gasteiger partial charge in [0.25, 0.3) is 0 Å². The van der Waals surface area contributed by atoms with Gasteiger partial charge in [0, 0.05) is 39.5 Å². The van der Waals surface area contributed by atoms with E-state index in [9.17, 15) is 4.79 Å². The summed E-state index contributed by atoms with van der Waals surface area (Å²) in [6, 6.07) is 0. The average Bonchev–Trinajstić information content (AvgIpc) is 2.53. The molecular formula is C16H34O6. The highest BCUT2D eigenvalue weighted by atomic mass is 16.5. The third-order valence-corrected chi connectivity index (χ3v) is 2.69. The van der Waals surface area contributed by atoms with E-state index < -0.39 is 0 Å². The van der Waals surface area contributed by atoms with Gasteiger partial charge in [0.1, 0.15) is 0 Å². The van der Waals surface area contributed by atoms with Crippen molar-refractivity contribution in [2.75, 3.05) is 39.6 Å². The summed E-state index contributed by atoms with van der Waals surface area (Å²) in [5.41, 5.74) is 0. The lowest BCUT2D eigenvalue weighted by molar-refractivity contribution is -0.144. The Hall–Kier alpha value is -0.690. The Morgan fingerprint density at radius 2 is 1.32 bits per heavy atom. The molecule has 134 valence electrons. The molecule has 0 aromatic carbocycles. The van der Waals surface area contributed by atoms with Crippen LogP contribution >= 0.6 is 0 Å². The Bertz CT molecular complexity index is 203. The summed E-state index contributed by atoms with van der Waals surface area (Å²) in [4.78, 5) is 10.7. The molecule has 0 aromatic rings. The van der Waals surface area contributed by atoms with Crippen molar-refractivity contribution in [3.05, 3.63) is 0 Å². The van der Waals surface area contributed by atoms with Crippen molar-refractivity contribution in [1.82, 2.24) is 0 Å². The second-order valence-electron chi connectivity index (χ2n) is 4.87. The Balaban J connectivity index is 0. The van der Waals surface area contributed by atoms with Crippen molar-refractivity contribution in [3.8, 4) is 0 Å². The van der Waals surface area contributed by atoms with Crippen molar-refractivity contribution >= 4 is 5.97 Å². The van der Waals surface area contributed by atoms with E-state index in [-0.39, 0.29) is 25.8 Å². The summed E-state index contributed by atoms with van der Waals surface area (Å²) in [7, 11) is 0. The third-order valence-electron chi connectivity index (χ3n) is 2.69. The molecule has 0 bridgehead atoms. The van der Waals surface area contributed by atoms with Crippen molar-refractivity contribution < 1.29 is 29.6 Å². The minimum atomic E-state index is -0.201. The fraction of sp³-hybridized carbons (Fsp3) is 0.938. The molecule has 3 N–H and O–H groups in total. The smallest absolute Gasteiger partial charge is 0.305 e. The minimum Gasteiger partial charge on any atom is -0.466 e. The van der Waals surface area contributed by atoms with Crippen LogP contribution in [0.3, 0.4) is 0 Å². The van der Waals surface area contributed by atoms with E-state index in [1.54, 1.807) is 0 Å². The topological polar surface area (TPSA) is 96.2 Å². The van der Waals surface area contributed by atoms with E-state index in [0.717, 1.165) is 51.7 Å². The molecule has 0 atom stereocenters. The van der Waals surface area contributed by atoms with Crippen LogP contribution in [0.25, 0.3) is 0 Å². The summed E-state index contributed by atoms with van der Waals surface area (Å²) in [5, 5.41) is 25.2. The second kappa shape index (κ2) is 22.6. The highest BCUT2D eigenvalue weighted by Crippen LogP contribution is 1.94. The number of hydrogen-bond acceptors (Lipinski definition) is 6. The van der Waals surface area contributed by atoms with E-state index >= 15 is 0 Å². The average molecular weight is 322 g/mol. The highest BCUT2D eigenvalue weighted by Gasteiger charge is 1.99. The lowest BCUT2D eigenvalue weighted by atomic mass is 10.3. The van der Waals surface area contributed by atoms with E-state index in [4.69, 9.17) is 24.8 Å². The largest absolute Gasteiger partial charge is 0.466 e. The quantitative estimate of drug-likeness (QED) is 0.332. The van der Waals surface area contributed by atoms with E-state index in [1.165, 1.54) is 0 Å². The molecule has 0 heterocycles. The maximum Gasteiger partial charge on any atom is 0.305 e. The molecule has 0 radical (unpaired) electrons. The maximum absolute atomic E-state index is 10.7. The third kappa shape index (κ3) is 24.3. The van der Waals surface area contributed by atoms with Crippen molar-refractivity contribution in [2.45, 2.75) is 58.3 Å². The zero-order valence-electron chi connectivity index (χ0n) is 14.0. The zero-order valence-corrected chi connectivity index (χ0v) is 14.0. The van der Waals surface area contributed by atoms with Crippen LogP contribution in [0.2, 0.25) is 0 Å². The number of esters is 1. The number of carbonyl (C=O) groups is 1. The highest BCUT2D eigenvalue weighted by molar-refractivity contribution is 5.69. The summed E-state index contributed by atoms with van der Waals surface area (Å²) >= 11 is 0. The van der Waals surface area contributed by atoms with Crippen molar-refractivity contribution in [3.63, 3.8) is 0 Å². The minimum absolute atomic E-state index is 0.0584. The molecule has 0 saturated carbocycles. The van der Waals surface area contributed by atoms with Crippen LogP contribution in [0.5, 0.6) is 0 Å². The van der Waals surface area contributed by atoms with E-state index in [0.29, 0.717) is 19.4 Å². The van der Waals surface area contributed by atoms with Gasteiger partial charge in [0.15, 0.2) is 0 Å². The van der Waals surface area contributed by atoms with Crippen LogP contribution in [-0.4, -0.2) is 60.9 Å². The molecule has 0 amide bonds. The molecule has 0 unspecified atom stereocenters. The van der Waals surface area contributed by atoms with E-state index in [1.807, 2.05) is 6.92 Å². The molecule has 0 aliphatic heterocycles. The van der Waals surface area contributed by atoms with Crippen molar-refractivity contribution in [1.29, 1.82) is 0 Å². The number of aliphatic hydroxyl groups is 3. The van der Waals surface area contributed by atoms with E-state index in [2.05, 4.69) is 0 Å². The van der Waals surface area contributed by atoms with Gasteiger partial charge in [-0.05, 0) is 38.5 Å². The number of rotatable bonds is 14. The van der Waals surface area contributed by atoms with Crippen LogP contribution in [0.1, 0.15) is 58.3 Å². The summed E-state index contributed by atoms with van der Waals surface area (Å²) < 4.78 is 10.0. The van der Waals surface area contributed by atoms with Gasteiger partial charge in [0.2, 0.25) is 0 Å². The first-order valence-electron chi connectivity index (χ1n) is 8.28. The molecule has 0 aliphatic rings. The molecule has 0 spiro atoms. The second-order valence-corrected chi connectivity index (χ2v) is 4.87. The normalized spacial score (nSPS) is 10.0. The lowest BCUT2D eigenvalue weighted by Crippen LogP contribution is -2.06. The fourth-order valence-electron chi connectivity index (χ4n) is 1.36. The molecule has 0 rings (SSSR count). The molecule has 0 aromatic heterocycles. The maximum atomic E-state index is 10.7. The molecular weight excluding hydrogens is 288 g/mol. The first-order chi connectivity index (χ1) is 10.7. The Kier molecular flexibility index (Phi) is 24.2. The predicted octanol–water partition coefficient (Wildman–Crippen LogP) is 1.65. The summed E-state index contributed by atoms with van der Waals surface area (Å²) in [6.07, 6.45) is 6.29. The van der Waals surface area contributed by atoms with Crippen LogP contribution in [-0.2, 0) is 14.3 Å². The number of carbonyl (C=O) groups excluding carboxylic acids is 1. The molecule has 6 heteroatoms. The van der Waals surface area contributed by atoms with Gasteiger partial charge in [-0.2, -0.15) is 0 Å². The SMILES string of the molecule is CCCCOC(=O)CCCO.OCCCCOCCCCO. The van der Waals surface area contributed by atoms with Gasteiger partial charge >= 0.3 is 5.97 Å². The Morgan fingerprint density at radius 3 is 1.77 bits per heavy atom. The Morgan fingerprint density at radius 1 is 0.773 bits per heavy atom. The first-order valence-corrected chi connectivity index (χ1v) is 8.28. The van der Waals surface area contributed by atoms with Gasteiger partial charge in [0.05, 0.1) is 6.61 Å². The zero-order chi connectivity index (χ0) is 16.9. The number of ether oxygens (including phenoxy) is 2. The van der Waals surface area contributed by atoms with Crippen LogP contribution in [0.4, 0.5) is 0 Å². The van der Waals surface area contributed by atoms with Gasteiger partial charge < -0.3 is 24.8 Å². The Labute approximate surface area is 134 Å². The standard InChI is InChI=1S/C8H18O3.C8H16O3/c9-5-1-3-7-11-8-4-2-6-10;1-2-3-7-11-8(10)5-4-6-9/h9-10H,1-8H2;9H,2-7H2,1H3. The van der Waals surface area contributed by atoms with Crippen molar-refractivity contribution in [2.24, 2.45) is 0 Å². The molecule has 0 saturated heterocycles. The number of unbranched alkanes of at least 4 members (excludes halogenated alkanes) is 3. The number of hydrogen-bond donors (Lipinski definition) is 3. The van der Waals surface area contributed by atoms with Crippen LogP contribution in [0.15, 0.2) is 0 Å². The number of aliphatic hydroxyl groups excluding tert-OH is 3. The van der Waals surface area contributed by atoms with Gasteiger partial charge in [-0.15, -0.1) is 0 Å². The first kappa shape index (κ1) is 23.6. The molecule has 0 fully saturated rings. The van der Waals surface area contributed by atoms with Gasteiger partial charge in [-0.3, -0.25) is 4.79 Å². The summed E-state index contributed by atoms with van der Waals surface area (Å²) in [5.74, 6) is -0.201.